The average molecular weight is 509 g/mol. The SMILES string of the molecule is COC(=O)N1CCN(C(=O)c2nc(-c3ccc(OC(F)F)c(OCC4CC4)c3)oc2[C@H](C)N)C[C@H]1C. The van der Waals surface area contributed by atoms with Crippen molar-refractivity contribution < 1.29 is 37.0 Å². The number of nitrogens with two attached hydrogens (primary N) is 1. The second kappa shape index (κ2) is 10.7. The molecule has 2 amide bonds. The number of hydrogen-bond acceptors (Lipinski definition) is 8. The molecule has 196 valence electrons. The Morgan fingerprint density at radius 1 is 1.25 bits per heavy atom. The first-order chi connectivity index (χ1) is 17.2. The molecule has 4 rings (SSSR count). The molecule has 0 spiro atoms. The molecule has 12 heteroatoms. The van der Waals surface area contributed by atoms with Gasteiger partial charge in [-0.25, -0.2) is 9.78 Å². The van der Waals surface area contributed by atoms with Crippen molar-refractivity contribution in [2.75, 3.05) is 33.4 Å². The van der Waals surface area contributed by atoms with E-state index < -0.39 is 18.7 Å². The van der Waals surface area contributed by atoms with Crippen LogP contribution in [0.2, 0.25) is 0 Å². The van der Waals surface area contributed by atoms with Crippen LogP contribution in [0.3, 0.4) is 0 Å². The molecule has 2 N–H and O–H groups in total. The molecule has 1 saturated heterocycles. The highest BCUT2D eigenvalue weighted by Gasteiger charge is 2.34. The molecule has 2 aliphatic rings. The third kappa shape index (κ3) is 5.69. The van der Waals surface area contributed by atoms with Gasteiger partial charge in [0.2, 0.25) is 5.89 Å². The number of methoxy groups -OCH3 is 1. The standard InChI is InChI=1S/C24H30F2N4O6/c1-13-11-29(8-9-30(13)24(32)33-3)22(31)19-20(14(2)27)36-21(28-19)16-6-7-17(35-23(25)26)18(10-16)34-12-15-4-5-15/h6-7,10,13-15,23H,4-5,8-9,11-12,27H2,1-3H3/t13-,14+/m1/s1. The van der Waals surface area contributed by atoms with Crippen LogP contribution in [0.1, 0.15) is 49.0 Å². The normalized spacial score (nSPS) is 18.8. The molecule has 1 aliphatic heterocycles. The number of nitrogens with zero attached hydrogens (tertiary/aromatic N) is 3. The van der Waals surface area contributed by atoms with Crippen LogP contribution in [0.15, 0.2) is 22.6 Å². The van der Waals surface area contributed by atoms with Crippen molar-refractivity contribution in [3.63, 3.8) is 0 Å². The van der Waals surface area contributed by atoms with Crippen molar-refractivity contribution in [2.45, 2.75) is 45.4 Å². The van der Waals surface area contributed by atoms with Gasteiger partial charge >= 0.3 is 12.7 Å². The van der Waals surface area contributed by atoms with Crippen LogP contribution in [-0.2, 0) is 4.74 Å². The van der Waals surface area contributed by atoms with E-state index in [1.807, 2.05) is 6.92 Å². The van der Waals surface area contributed by atoms with E-state index in [9.17, 15) is 18.4 Å². The number of aromatic nitrogens is 1. The van der Waals surface area contributed by atoms with Crippen molar-refractivity contribution in [1.82, 2.24) is 14.8 Å². The second-order valence-electron chi connectivity index (χ2n) is 9.08. The van der Waals surface area contributed by atoms with Gasteiger partial charge in [0.15, 0.2) is 23.0 Å². The Morgan fingerprint density at radius 3 is 2.61 bits per heavy atom. The van der Waals surface area contributed by atoms with Crippen molar-refractivity contribution in [3.05, 3.63) is 29.7 Å². The fraction of sp³-hybridized carbons (Fsp3) is 0.542. The number of alkyl halides is 2. The van der Waals surface area contributed by atoms with E-state index in [0.717, 1.165) is 12.8 Å². The molecule has 2 atom stereocenters. The van der Waals surface area contributed by atoms with Crippen LogP contribution in [-0.4, -0.2) is 72.8 Å². The Kier molecular flexibility index (Phi) is 7.62. The Morgan fingerprint density at radius 2 is 2.00 bits per heavy atom. The molecule has 1 aromatic heterocycles. The first kappa shape index (κ1) is 25.7. The van der Waals surface area contributed by atoms with Crippen LogP contribution < -0.4 is 15.2 Å². The molecular weight excluding hydrogens is 478 g/mol. The first-order valence-corrected chi connectivity index (χ1v) is 11.8. The van der Waals surface area contributed by atoms with Crippen LogP contribution in [0.25, 0.3) is 11.5 Å². The predicted molar refractivity (Wildman–Crippen MR) is 124 cm³/mol. The number of ether oxygens (including phenoxy) is 3. The summed E-state index contributed by atoms with van der Waals surface area (Å²) in [6, 6.07) is 3.47. The molecule has 0 radical (unpaired) electrons. The van der Waals surface area contributed by atoms with E-state index in [2.05, 4.69) is 9.72 Å². The second-order valence-corrected chi connectivity index (χ2v) is 9.08. The minimum Gasteiger partial charge on any atom is -0.489 e. The minimum atomic E-state index is -3.00. The number of rotatable bonds is 8. The van der Waals surface area contributed by atoms with Gasteiger partial charge in [-0.05, 0) is 50.8 Å². The summed E-state index contributed by atoms with van der Waals surface area (Å²) in [6.07, 6.45) is 1.61. The highest BCUT2D eigenvalue weighted by molar-refractivity contribution is 5.94. The lowest BCUT2D eigenvalue weighted by atomic mass is 10.1. The fourth-order valence-electron chi connectivity index (χ4n) is 4.04. The lowest BCUT2D eigenvalue weighted by Crippen LogP contribution is -2.55. The van der Waals surface area contributed by atoms with E-state index in [4.69, 9.17) is 19.6 Å². The number of amides is 2. The van der Waals surface area contributed by atoms with Gasteiger partial charge in [-0.3, -0.25) is 4.79 Å². The van der Waals surface area contributed by atoms with E-state index in [1.54, 1.807) is 16.7 Å². The highest BCUT2D eigenvalue weighted by atomic mass is 19.3. The minimum absolute atomic E-state index is 0.0621. The zero-order valence-electron chi connectivity index (χ0n) is 20.4. The fourth-order valence-corrected chi connectivity index (χ4v) is 4.04. The van der Waals surface area contributed by atoms with Gasteiger partial charge in [0.05, 0.1) is 19.8 Å². The van der Waals surface area contributed by atoms with Gasteiger partial charge in [-0.1, -0.05) is 0 Å². The molecule has 2 aromatic rings. The number of carbonyl (C=O) groups is 2. The van der Waals surface area contributed by atoms with E-state index in [1.165, 1.54) is 25.3 Å². The highest BCUT2D eigenvalue weighted by Crippen LogP contribution is 2.37. The maximum atomic E-state index is 13.4. The van der Waals surface area contributed by atoms with Crippen molar-refractivity contribution in [3.8, 4) is 23.0 Å². The van der Waals surface area contributed by atoms with Crippen molar-refractivity contribution in [2.24, 2.45) is 11.7 Å². The summed E-state index contributed by atoms with van der Waals surface area (Å²) in [5.41, 5.74) is 6.56. The molecular formula is C24H30F2N4O6. The van der Waals surface area contributed by atoms with Crippen LogP contribution in [0, 0.1) is 5.92 Å². The maximum Gasteiger partial charge on any atom is 0.409 e. The molecule has 1 aliphatic carbocycles. The molecule has 1 aromatic carbocycles. The van der Waals surface area contributed by atoms with Gasteiger partial charge < -0.3 is 34.2 Å². The summed E-state index contributed by atoms with van der Waals surface area (Å²) in [4.78, 5) is 32.9. The summed E-state index contributed by atoms with van der Waals surface area (Å²) in [7, 11) is 1.31. The summed E-state index contributed by atoms with van der Waals surface area (Å²) >= 11 is 0. The zero-order chi connectivity index (χ0) is 26.0. The summed E-state index contributed by atoms with van der Waals surface area (Å²) in [5.74, 6) is 0.364. The van der Waals surface area contributed by atoms with Crippen LogP contribution in [0.4, 0.5) is 13.6 Å². The zero-order valence-corrected chi connectivity index (χ0v) is 20.4. The lowest BCUT2D eigenvalue weighted by molar-refractivity contribution is -0.0515. The third-order valence-electron chi connectivity index (χ3n) is 6.17. The molecule has 2 fully saturated rings. The van der Waals surface area contributed by atoms with E-state index in [-0.39, 0.29) is 53.9 Å². The summed E-state index contributed by atoms with van der Waals surface area (Å²) < 4.78 is 46.7. The number of benzene rings is 1. The number of carbonyl (C=O) groups excluding carboxylic acids is 2. The largest absolute Gasteiger partial charge is 0.489 e. The van der Waals surface area contributed by atoms with Gasteiger partial charge in [-0.2, -0.15) is 8.78 Å². The first-order valence-electron chi connectivity index (χ1n) is 11.8. The molecule has 0 bridgehead atoms. The predicted octanol–water partition coefficient (Wildman–Crippen LogP) is 3.66. The quantitative estimate of drug-likeness (QED) is 0.574. The average Bonchev–Trinajstić information content (AvgIpc) is 3.57. The Balaban J connectivity index is 1.59. The monoisotopic (exact) mass is 508 g/mol. The smallest absolute Gasteiger partial charge is 0.409 e. The maximum absolute atomic E-state index is 13.4. The number of halogens is 2. The van der Waals surface area contributed by atoms with E-state index >= 15 is 0 Å². The molecule has 1 saturated carbocycles. The summed E-state index contributed by atoms with van der Waals surface area (Å²) in [6.45, 7) is 1.76. The topological polar surface area (TPSA) is 120 Å². The van der Waals surface area contributed by atoms with Gasteiger partial charge in [0.25, 0.3) is 5.91 Å². The number of piperazine rings is 1. The molecule has 2 heterocycles. The van der Waals surface area contributed by atoms with Gasteiger partial charge in [0.1, 0.15) is 0 Å². The van der Waals surface area contributed by atoms with Crippen LogP contribution >= 0.6 is 0 Å². The Labute approximate surface area is 207 Å². The molecule has 10 nitrogen and oxygen atoms in total. The Hall–Kier alpha value is -3.41. The number of oxazole rings is 1. The van der Waals surface area contributed by atoms with Gasteiger partial charge in [0, 0.05) is 31.2 Å². The lowest BCUT2D eigenvalue weighted by Gasteiger charge is -2.38. The molecule has 36 heavy (non-hydrogen) atoms. The summed E-state index contributed by atoms with van der Waals surface area (Å²) in [5, 5.41) is 0. The number of hydrogen-bond donors (Lipinski definition) is 1. The third-order valence-corrected chi connectivity index (χ3v) is 6.17. The molecule has 0 unspecified atom stereocenters. The van der Waals surface area contributed by atoms with Crippen molar-refractivity contribution >= 4 is 12.0 Å². The van der Waals surface area contributed by atoms with Crippen molar-refractivity contribution in [1.29, 1.82) is 0 Å². The van der Waals surface area contributed by atoms with E-state index in [0.29, 0.717) is 24.6 Å². The van der Waals surface area contributed by atoms with Gasteiger partial charge in [-0.15, -0.1) is 0 Å². The van der Waals surface area contributed by atoms with Crippen LogP contribution in [0.5, 0.6) is 11.5 Å². The Bertz CT molecular complexity index is 1100.